The van der Waals surface area contributed by atoms with E-state index in [1.54, 1.807) is 0 Å². The van der Waals surface area contributed by atoms with Crippen LogP contribution in [-0.2, 0) is 4.74 Å². The van der Waals surface area contributed by atoms with E-state index in [1.165, 1.54) is 0 Å². The molecule has 0 bridgehead atoms. The van der Waals surface area contributed by atoms with E-state index in [2.05, 4.69) is 18.8 Å². The van der Waals surface area contributed by atoms with Gasteiger partial charge in [-0.3, -0.25) is 5.32 Å². The number of unbranched alkanes of at least 4 members (excludes halogenated alkanes) is 1. The first-order valence-corrected chi connectivity index (χ1v) is 5.03. The second kappa shape index (κ2) is 5.68. The fourth-order valence-electron chi connectivity index (χ4n) is 0.901. The summed E-state index contributed by atoms with van der Waals surface area (Å²) >= 11 is 0. The third kappa shape index (κ3) is 7.65. The molecular formula is C11H21NO2. The fourth-order valence-corrected chi connectivity index (χ4v) is 0.901. The van der Waals surface area contributed by atoms with E-state index in [9.17, 15) is 4.79 Å². The Morgan fingerprint density at radius 2 is 2.00 bits per heavy atom. The van der Waals surface area contributed by atoms with Crippen LogP contribution in [0.3, 0.4) is 0 Å². The Bertz CT molecular complexity index is 204. The zero-order valence-electron chi connectivity index (χ0n) is 9.64. The predicted molar refractivity (Wildman–Crippen MR) is 58.0 cm³/mol. The van der Waals surface area contributed by atoms with Crippen LogP contribution in [0, 0.1) is 0 Å². The van der Waals surface area contributed by atoms with Crippen molar-refractivity contribution in [3.05, 3.63) is 12.3 Å². The zero-order chi connectivity index (χ0) is 11.2. The second-order valence-electron chi connectivity index (χ2n) is 4.33. The van der Waals surface area contributed by atoms with Crippen molar-refractivity contribution in [2.24, 2.45) is 0 Å². The zero-order valence-corrected chi connectivity index (χ0v) is 9.64. The highest BCUT2D eigenvalue weighted by Crippen LogP contribution is 2.08. The van der Waals surface area contributed by atoms with E-state index in [4.69, 9.17) is 4.74 Å². The summed E-state index contributed by atoms with van der Waals surface area (Å²) in [5.74, 6) is 0. The molecular weight excluding hydrogens is 178 g/mol. The number of ether oxygens (including phenoxy) is 1. The fraction of sp³-hybridized carbons (Fsp3) is 0.727. The van der Waals surface area contributed by atoms with E-state index in [0.717, 1.165) is 25.0 Å². The maximum Gasteiger partial charge on any atom is 0.411 e. The summed E-state index contributed by atoms with van der Waals surface area (Å²) in [6.07, 6.45) is 2.53. The molecule has 0 saturated carbocycles. The molecule has 0 aromatic carbocycles. The van der Waals surface area contributed by atoms with Gasteiger partial charge in [-0.2, -0.15) is 0 Å². The first kappa shape index (κ1) is 13.0. The molecule has 0 aliphatic rings. The van der Waals surface area contributed by atoms with Gasteiger partial charge in [0, 0.05) is 5.70 Å². The van der Waals surface area contributed by atoms with Crippen molar-refractivity contribution >= 4 is 6.09 Å². The van der Waals surface area contributed by atoms with E-state index in [1.807, 2.05) is 20.8 Å². The summed E-state index contributed by atoms with van der Waals surface area (Å²) in [5.41, 5.74) is 0.274. The predicted octanol–water partition coefficient (Wildman–Crippen LogP) is 3.22. The Morgan fingerprint density at radius 3 is 2.43 bits per heavy atom. The van der Waals surface area contributed by atoms with Crippen LogP contribution in [0.4, 0.5) is 4.79 Å². The van der Waals surface area contributed by atoms with Gasteiger partial charge in [0.05, 0.1) is 0 Å². The summed E-state index contributed by atoms with van der Waals surface area (Å²) in [5, 5.41) is 2.62. The lowest BCUT2D eigenvalue weighted by atomic mass is 10.2. The molecule has 1 amide bonds. The molecule has 3 heteroatoms. The van der Waals surface area contributed by atoms with Crippen molar-refractivity contribution in [1.29, 1.82) is 0 Å². The van der Waals surface area contributed by atoms with Crippen LogP contribution in [0.2, 0.25) is 0 Å². The summed E-state index contributed by atoms with van der Waals surface area (Å²) in [6, 6.07) is 0. The Labute approximate surface area is 86.5 Å². The van der Waals surface area contributed by atoms with Crippen LogP contribution in [0.15, 0.2) is 12.3 Å². The van der Waals surface area contributed by atoms with E-state index < -0.39 is 11.7 Å². The first-order valence-electron chi connectivity index (χ1n) is 5.03. The average molecular weight is 199 g/mol. The van der Waals surface area contributed by atoms with Crippen molar-refractivity contribution in [3.8, 4) is 0 Å². The number of carbonyl (C=O) groups excluding carboxylic acids is 1. The van der Waals surface area contributed by atoms with Crippen molar-refractivity contribution in [3.63, 3.8) is 0 Å². The highest BCUT2D eigenvalue weighted by Gasteiger charge is 2.16. The molecule has 3 nitrogen and oxygen atoms in total. The maximum atomic E-state index is 11.2. The molecule has 0 unspecified atom stereocenters. The molecule has 0 aromatic heterocycles. The largest absolute Gasteiger partial charge is 0.444 e. The minimum Gasteiger partial charge on any atom is -0.444 e. The molecule has 0 rings (SSSR count). The molecule has 0 heterocycles. The third-order valence-electron chi connectivity index (χ3n) is 1.51. The first-order chi connectivity index (χ1) is 6.35. The number of alkyl carbamates (subject to hydrolysis) is 1. The number of hydrogen-bond donors (Lipinski definition) is 1. The van der Waals surface area contributed by atoms with E-state index in [0.29, 0.717) is 0 Å². The molecule has 14 heavy (non-hydrogen) atoms. The van der Waals surface area contributed by atoms with Crippen LogP contribution < -0.4 is 5.32 Å². The SMILES string of the molecule is C=C(CCCC)NC(=O)OC(C)(C)C. The van der Waals surface area contributed by atoms with E-state index in [-0.39, 0.29) is 0 Å². The summed E-state index contributed by atoms with van der Waals surface area (Å²) < 4.78 is 5.08. The lowest BCUT2D eigenvalue weighted by Crippen LogP contribution is -2.31. The number of carbonyl (C=O) groups is 1. The van der Waals surface area contributed by atoms with Crippen molar-refractivity contribution < 1.29 is 9.53 Å². The van der Waals surface area contributed by atoms with Gasteiger partial charge < -0.3 is 4.74 Å². The van der Waals surface area contributed by atoms with Gasteiger partial charge in [-0.15, -0.1) is 0 Å². The van der Waals surface area contributed by atoms with Crippen LogP contribution in [-0.4, -0.2) is 11.7 Å². The van der Waals surface area contributed by atoms with Gasteiger partial charge in [-0.1, -0.05) is 19.9 Å². The monoisotopic (exact) mass is 199 g/mol. The molecule has 82 valence electrons. The molecule has 0 spiro atoms. The minimum absolute atomic E-state index is 0.418. The molecule has 0 aliphatic heterocycles. The van der Waals surface area contributed by atoms with Gasteiger partial charge in [0.15, 0.2) is 0 Å². The van der Waals surface area contributed by atoms with Gasteiger partial charge in [0.2, 0.25) is 0 Å². The van der Waals surface area contributed by atoms with Gasteiger partial charge in [0.25, 0.3) is 0 Å². The number of amides is 1. The van der Waals surface area contributed by atoms with Gasteiger partial charge in [0.1, 0.15) is 5.60 Å². The third-order valence-corrected chi connectivity index (χ3v) is 1.51. The van der Waals surface area contributed by atoms with Gasteiger partial charge in [-0.05, 0) is 33.6 Å². The number of rotatable bonds is 4. The highest BCUT2D eigenvalue weighted by molar-refractivity contribution is 5.69. The molecule has 0 atom stereocenters. The maximum absolute atomic E-state index is 11.2. The molecule has 0 saturated heterocycles. The summed E-state index contributed by atoms with van der Waals surface area (Å²) in [4.78, 5) is 11.2. The lowest BCUT2D eigenvalue weighted by Gasteiger charge is -2.20. The number of hydrogen-bond acceptors (Lipinski definition) is 2. The normalized spacial score (nSPS) is 10.9. The molecule has 1 N–H and O–H groups in total. The Balaban J connectivity index is 3.78. The van der Waals surface area contributed by atoms with Crippen LogP contribution in [0.1, 0.15) is 47.0 Å². The van der Waals surface area contributed by atoms with Crippen LogP contribution >= 0.6 is 0 Å². The van der Waals surface area contributed by atoms with Gasteiger partial charge >= 0.3 is 6.09 Å². The van der Waals surface area contributed by atoms with Crippen LogP contribution in [0.25, 0.3) is 0 Å². The standard InChI is InChI=1S/C11H21NO2/c1-6-7-8-9(2)12-10(13)14-11(3,4)5/h2,6-8H2,1,3-5H3,(H,12,13). The smallest absolute Gasteiger partial charge is 0.411 e. The topological polar surface area (TPSA) is 38.3 Å². The molecule has 0 fully saturated rings. The molecule has 0 aliphatic carbocycles. The minimum atomic E-state index is -0.449. The van der Waals surface area contributed by atoms with Crippen molar-refractivity contribution in [1.82, 2.24) is 5.32 Å². The molecule has 0 aromatic rings. The number of nitrogens with one attached hydrogen (secondary N) is 1. The van der Waals surface area contributed by atoms with E-state index >= 15 is 0 Å². The number of allylic oxidation sites excluding steroid dienone is 1. The van der Waals surface area contributed by atoms with Crippen molar-refractivity contribution in [2.75, 3.05) is 0 Å². The highest BCUT2D eigenvalue weighted by atomic mass is 16.6. The van der Waals surface area contributed by atoms with Crippen molar-refractivity contribution in [2.45, 2.75) is 52.6 Å². The Morgan fingerprint density at radius 1 is 1.43 bits per heavy atom. The Hall–Kier alpha value is -0.990. The summed E-state index contributed by atoms with van der Waals surface area (Å²) in [6.45, 7) is 11.4. The second-order valence-corrected chi connectivity index (χ2v) is 4.33. The molecule has 0 radical (unpaired) electrons. The Kier molecular flexibility index (Phi) is 5.28. The average Bonchev–Trinajstić information content (AvgIpc) is 1.96. The quantitative estimate of drug-likeness (QED) is 0.755. The van der Waals surface area contributed by atoms with Gasteiger partial charge in [-0.25, -0.2) is 4.79 Å². The van der Waals surface area contributed by atoms with Crippen LogP contribution in [0.5, 0.6) is 0 Å². The summed E-state index contributed by atoms with van der Waals surface area (Å²) in [7, 11) is 0. The lowest BCUT2D eigenvalue weighted by molar-refractivity contribution is 0.0544.